The lowest BCUT2D eigenvalue weighted by Gasteiger charge is -2.38. The third-order valence-corrected chi connectivity index (χ3v) is 7.48. The summed E-state index contributed by atoms with van der Waals surface area (Å²) in [4.78, 5) is 38.8. The van der Waals surface area contributed by atoms with Crippen LogP contribution in [0, 0.1) is 5.41 Å². The molecule has 1 saturated heterocycles. The van der Waals surface area contributed by atoms with Crippen molar-refractivity contribution in [3.05, 3.63) is 94.1 Å². The zero-order valence-electron chi connectivity index (χ0n) is 23.7. The average molecular weight is 574 g/mol. The molecule has 9 nitrogen and oxygen atoms in total. The number of anilines is 2. The van der Waals surface area contributed by atoms with E-state index in [4.69, 9.17) is 27.8 Å². The minimum atomic E-state index is -0.496. The molecule has 0 radical (unpaired) electrons. The van der Waals surface area contributed by atoms with E-state index in [0.29, 0.717) is 35.1 Å². The second-order valence-corrected chi connectivity index (χ2v) is 10.5. The number of nitrogens with zero attached hydrogens (tertiary/aromatic N) is 4. The van der Waals surface area contributed by atoms with E-state index in [0.717, 1.165) is 45.9 Å². The van der Waals surface area contributed by atoms with Crippen LogP contribution in [-0.2, 0) is 22.4 Å². The molecule has 2 heterocycles. The van der Waals surface area contributed by atoms with Crippen molar-refractivity contribution >= 4 is 47.2 Å². The first kappa shape index (κ1) is 29.8. The van der Waals surface area contributed by atoms with Gasteiger partial charge in [0.05, 0.1) is 28.8 Å². The van der Waals surface area contributed by atoms with E-state index in [1.165, 1.54) is 4.90 Å². The monoisotopic (exact) mass is 573 g/mol. The Hall–Kier alpha value is -4.21. The lowest BCUT2D eigenvalue weighted by molar-refractivity contribution is -0.141. The first-order chi connectivity index (χ1) is 19.7. The van der Waals surface area contributed by atoms with Crippen LogP contribution in [0.2, 0.25) is 5.02 Å². The fraction of sp³-hybridized carbons (Fsp3) is 0.290. The van der Waals surface area contributed by atoms with Crippen LogP contribution < -0.4 is 15.8 Å². The summed E-state index contributed by atoms with van der Waals surface area (Å²) >= 11 is 6.24. The molecular formula is C31H36ClN7O2. The van der Waals surface area contributed by atoms with Gasteiger partial charge in [-0.3, -0.25) is 24.9 Å². The number of carbonyl (C=O) groups excluding carboxylic acids is 2. The summed E-state index contributed by atoms with van der Waals surface area (Å²) in [6, 6.07) is 14.2. The van der Waals surface area contributed by atoms with Crippen LogP contribution in [0.3, 0.4) is 0 Å². The highest BCUT2D eigenvalue weighted by atomic mass is 35.5. The molecule has 0 aliphatic carbocycles. The van der Waals surface area contributed by atoms with E-state index in [2.05, 4.69) is 24.6 Å². The second kappa shape index (κ2) is 13.0. The fourth-order valence-corrected chi connectivity index (χ4v) is 5.19. The first-order valence-corrected chi connectivity index (χ1v) is 14.0. The molecule has 41 heavy (non-hydrogen) atoms. The molecule has 0 bridgehead atoms. The smallest absolute Gasteiger partial charge is 0.247 e. The lowest BCUT2D eigenvalue weighted by Crippen LogP contribution is -2.55. The summed E-state index contributed by atoms with van der Waals surface area (Å²) < 4.78 is 0. The number of nitrogens with two attached hydrogens (primary N) is 1. The van der Waals surface area contributed by atoms with Gasteiger partial charge in [0.1, 0.15) is 25.3 Å². The van der Waals surface area contributed by atoms with Gasteiger partial charge in [-0.2, -0.15) is 0 Å². The Morgan fingerprint density at radius 3 is 2.56 bits per heavy atom. The lowest BCUT2D eigenvalue weighted by atomic mass is 10.0. The van der Waals surface area contributed by atoms with Gasteiger partial charge < -0.3 is 9.88 Å². The number of carbonyl (C=O) groups is 2. The first-order valence-electron chi connectivity index (χ1n) is 13.6. The van der Waals surface area contributed by atoms with E-state index in [9.17, 15) is 9.59 Å². The van der Waals surface area contributed by atoms with Gasteiger partial charge in [-0.1, -0.05) is 67.9 Å². The minimum Gasteiger partial charge on any atom is -0.340 e. The number of hydrazine groups is 1. The highest BCUT2D eigenvalue weighted by Gasteiger charge is 2.38. The summed E-state index contributed by atoms with van der Waals surface area (Å²) in [5.41, 5.74) is 5.65. The van der Waals surface area contributed by atoms with Gasteiger partial charge >= 0.3 is 0 Å². The summed E-state index contributed by atoms with van der Waals surface area (Å²) in [6.07, 6.45) is 5.02. The third kappa shape index (κ3) is 6.58. The van der Waals surface area contributed by atoms with Crippen molar-refractivity contribution in [2.45, 2.75) is 46.1 Å². The van der Waals surface area contributed by atoms with Gasteiger partial charge in [-0.05, 0) is 55.2 Å². The number of aromatic amines is 1. The highest BCUT2D eigenvalue weighted by molar-refractivity contribution is 6.31. The number of halogens is 1. The van der Waals surface area contributed by atoms with Crippen molar-refractivity contribution in [2.24, 2.45) is 5.84 Å². The van der Waals surface area contributed by atoms with Gasteiger partial charge in [0.15, 0.2) is 0 Å². The summed E-state index contributed by atoms with van der Waals surface area (Å²) in [7, 11) is 0. The molecule has 1 aromatic heterocycles. The predicted molar refractivity (Wildman–Crippen MR) is 165 cm³/mol. The molecule has 0 saturated carbocycles. The number of nitrogens with one attached hydrogen (secondary N) is 2. The molecule has 10 heteroatoms. The van der Waals surface area contributed by atoms with Crippen molar-refractivity contribution < 1.29 is 9.59 Å². The van der Waals surface area contributed by atoms with Crippen LogP contribution in [0.1, 0.15) is 56.0 Å². The fourth-order valence-electron chi connectivity index (χ4n) is 5.02. The number of imidazole rings is 1. The van der Waals surface area contributed by atoms with Crippen LogP contribution in [-0.4, -0.2) is 46.1 Å². The number of H-pyrrole nitrogens is 1. The van der Waals surface area contributed by atoms with Crippen molar-refractivity contribution in [3.63, 3.8) is 0 Å². The van der Waals surface area contributed by atoms with Crippen molar-refractivity contribution in [3.8, 4) is 0 Å². The Morgan fingerprint density at radius 1 is 1.20 bits per heavy atom. The zero-order valence-corrected chi connectivity index (χ0v) is 24.4. The predicted octanol–water partition coefficient (Wildman–Crippen LogP) is 5.44. The number of piperazine rings is 1. The maximum Gasteiger partial charge on any atom is 0.247 e. The molecule has 1 aliphatic rings. The standard InChI is InChI=1S/C31H36ClN7O2/c1-5-22(20(3)4)15-25-24(6-2)35-31(36-25)28(14-21-10-8-7-9-11-21)38-18-29(40)37(17-30(38)41)27-16-23(32)12-13-26(27)39(34)19-33/h7-13,15-16,19,28,33H,3,5-6,14,17-18,34H2,1-2,4H3,(H,35,36)/b22-15+,33-19?. The summed E-state index contributed by atoms with van der Waals surface area (Å²) in [5.74, 6) is 6.05. The van der Waals surface area contributed by atoms with E-state index in [-0.39, 0.29) is 24.9 Å². The number of hydrogen-bond acceptors (Lipinski definition) is 5. The van der Waals surface area contributed by atoms with E-state index >= 15 is 0 Å². The van der Waals surface area contributed by atoms with Gasteiger partial charge in [0.25, 0.3) is 0 Å². The molecule has 1 atom stereocenters. The van der Waals surface area contributed by atoms with Crippen LogP contribution in [0.4, 0.5) is 11.4 Å². The van der Waals surface area contributed by atoms with Gasteiger partial charge in [0.2, 0.25) is 11.8 Å². The van der Waals surface area contributed by atoms with Crippen LogP contribution >= 0.6 is 11.6 Å². The normalized spacial score (nSPS) is 14.8. The van der Waals surface area contributed by atoms with E-state index in [1.807, 2.05) is 44.2 Å². The highest BCUT2D eigenvalue weighted by Crippen LogP contribution is 2.34. The Bertz CT molecular complexity index is 1480. The number of aryl methyl sites for hydroxylation is 1. The Labute approximate surface area is 245 Å². The van der Waals surface area contributed by atoms with Crippen molar-refractivity contribution in [1.82, 2.24) is 14.9 Å². The maximum atomic E-state index is 13.8. The van der Waals surface area contributed by atoms with Crippen LogP contribution in [0.15, 0.2) is 66.3 Å². The molecule has 4 rings (SSSR count). The number of aromatic nitrogens is 2. The van der Waals surface area contributed by atoms with E-state index in [1.54, 1.807) is 23.1 Å². The van der Waals surface area contributed by atoms with E-state index < -0.39 is 6.04 Å². The Morgan fingerprint density at radius 2 is 1.93 bits per heavy atom. The van der Waals surface area contributed by atoms with Gasteiger partial charge in [0, 0.05) is 11.4 Å². The summed E-state index contributed by atoms with van der Waals surface area (Å²) in [6.45, 7) is 9.85. The van der Waals surface area contributed by atoms with Gasteiger partial charge in [-0.25, -0.2) is 10.8 Å². The second-order valence-electron chi connectivity index (χ2n) is 10.0. The number of amides is 2. The molecule has 0 spiro atoms. The van der Waals surface area contributed by atoms with Crippen molar-refractivity contribution in [1.29, 1.82) is 5.41 Å². The van der Waals surface area contributed by atoms with Gasteiger partial charge in [-0.15, -0.1) is 0 Å². The zero-order chi connectivity index (χ0) is 29.7. The molecule has 4 N–H and O–H groups in total. The molecule has 1 aliphatic heterocycles. The number of allylic oxidation sites excluding steroid dienone is 2. The number of hydrogen-bond donors (Lipinski definition) is 3. The molecule has 2 amide bonds. The summed E-state index contributed by atoms with van der Waals surface area (Å²) in [5, 5.41) is 9.01. The van der Waals surface area contributed by atoms with Crippen LogP contribution in [0.25, 0.3) is 6.08 Å². The molecule has 3 aromatic rings. The molecule has 1 fully saturated rings. The quantitative estimate of drug-likeness (QED) is 0.0926. The third-order valence-electron chi connectivity index (χ3n) is 7.24. The molecule has 2 aromatic carbocycles. The maximum absolute atomic E-state index is 13.8. The minimum absolute atomic E-state index is 0.156. The SMILES string of the molecule is C=C(C)/C(=C/c1[nH]c(C(Cc2ccccc2)N2CC(=O)N(c3cc(Cl)ccc3N(N)C=N)CC2=O)nc1CC)CC. The van der Waals surface area contributed by atoms with Crippen LogP contribution in [0.5, 0.6) is 0 Å². The topological polar surface area (TPSA) is 122 Å². The van der Waals surface area contributed by atoms with Crippen molar-refractivity contribution in [2.75, 3.05) is 23.0 Å². The molecule has 214 valence electrons. The average Bonchev–Trinajstić information content (AvgIpc) is 3.38. The molecular weight excluding hydrogens is 538 g/mol. The Balaban J connectivity index is 1.73. The largest absolute Gasteiger partial charge is 0.340 e. The Kier molecular flexibility index (Phi) is 9.42. The number of rotatable bonds is 11. The molecule has 1 unspecified atom stereocenters. The number of benzene rings is 2.